The summed E-state index contributed by atoms with van der Waals surface area (Å²) in [4.78, 5) is 2.55. The number of piperidine rings is 1. The average Bonchev–Trinajstić information content (AvgIpc) is 3.22. The van der Waals surface area contributed by atoms with Crippen molar-refractivity contribution in [3.63, 3.8) is 0 Å². The predicted octanol–water partition coefficient (Wildman–Crippen LogP) is 2.86. The third-order valence-corrected chi connectivity index (χ3v) is 10.3. The van der Waals surface area contributed by atoms with Gasteiger partial charge in [0.1, 0.15) is 0 Å². The highest BCUT2D eigenvalue weighted by Crippen LogP contribution is 2.93. The van der Waals surface area contributed by atoms with Crippen LogP contribution in [0.2, 0.25) is 0 Å². The van der Waals surface area contributed by atoms with Crippen molar-refractivity contribution in [3.05, 3.63) is 23.3 Å². The number of methoxy groups -OCH3 is 2. The standard InChI is InChI=1S/C24H33NO4/c1-20(2,27)23-13-21-8-9-24(23,29-5)19(23)22(21)10-11-25(3)16(21)12-14-6-7-15(28-4)18(26)17(14)22/h6-7,16,19,26-27H,8-13H2,1-5H3/t16-,19+,21-,22+,23-,24+/m1/s1. The van der Waals surface area contributed by atoms with Crippen molar-refractivity contribution in [1.82, 2.24) is 4.90 Å². The van der Waals surface area contributed by atoms with Crippen molar-refractivity contribution in [3.8, 4) is 11.5 Å². The van der Waals surface area contributed by atoms with E-state index in [0.29, 0.717) is 17.5 Å². The number of benzene rings is 1. The maximum absolute atomic E-state index is 11.5. The molecule has 6 bridgehead atoms. The number of aromatic hydroxyl groups is 1. The molecule has 0 amide bonds. The highest BCUT2D eigenvalue weighted by Gasteiger charge is 2.97. The second kappa shape index (κ2) is 4.95. The van der Waals surface area contributed by atoms with Crippen LogP contribution < -0.4 is 4.74 Å². The van der Waals surface area contributed by atoms with Gasteiger partial charge in [0.05, 0.1) is 18.3 Å². The minimum atomic E-state index is -0.826. The first-order chi connectivity index (χ1) is 13.7. The smallest absolute Gasteiger partial charge is 0.161 e. The van der Waals surface area contributed by atoms with Crippen LogP contribution >= 0.6 is 0 Å². The molecule has 1 saturated heterocycles. The Morgan fingerprint density at radius 3 is 2.59 bits per heavy atom. The number of phenols is 1. The Morgan fingerprint density at radius 1 is 1.17 bits per heavy atom. The summed E-state index contributed by atoms with van der Waals surface area (Å²) in [6.07, 6.45) is 5.04. The van der Waals surface area contributed by atoms with Crippen molar-refractivity contribution in [2.45, 2.75) is 68.6 Å². The van der Waals surface area contributed by atoms with Crippen LogP contribution in [-0.4, -0.2) is 60.2 Å². The molecule has 1 aromatic rings. The monoisotopic (exact) mass is 399 g/mol. The molecular formula is C24H33NO4. The van der Waals surface area contributed by atoms with Crippen molar-refractivity contribution in [1.29, 1.82) is 0 Å². The molecule has 1 aromatic carbocycles. The van der Waals surface area contributed by atoms with Crippen LogP contribution in [0.15, 0.2) is 12.1 Å². The first kappa shape index (κ1) is 18.5. The molecule has 4 saturated carbocycles. The molecule has 5 aliphatic carbocycles. The number of hydrogen-bond donors (Lipinski definition) is 2. The van der Waals surface area contributed by atoms with Crippen LogP contribution in [0, 0.1) is 16.7 Å². The van der Waals surface area contributed by atoms with Crippen molar-refractivity contribution in [2.24, 2.45) is 16.7 Å². The number of phenolic OH excluding ortho intramolecular Hbond substituents is 1. The van der Waals surface area contributed by atoms with Gasteiger partial charge in [-0.2, -0.15) is 0 Å². The van der Waals surface area contributed by atoms with E-state index in [2.05, 4.69) is 18.0 Å². The summed E-state index contributed by atoms with van der Waals surface area (Å²) in [5, 5.41) is 22.9. The van der Waals surface area contributed by atoms with Gasteiger partial charge in [0.25, 0.3) is 0 Å². The zero-order valence-corrected chi connectivity index (χ0v) is 18.2. The largest absolute Gasteiger partial charge is 0.504 e. The number of likely N-dealkylation sites (N-methyl/N-ethyl adjacent to an activating group) is 1. The van der Waals surface area contributed by atoms with Gasteiger partial charge in [0, 0.05) is 35.5 Å². The Balaban J connectivity index is 1.70. The highest BCUT2D eigenvalue weighted by molar-refractivity contribution is 5.63. The summed E-state index contributed by atoms with van der Waals surface area (Å²) in [6.45, 7) is 4.97. The molecule has 158 valence electrons. The molecule has 0 radical (unpaired) electrons. The Hall–Kier alpha value is -1.30. The maximum atomic E-state index is 11.5. The van der Waals surface area contributed by atoms with E-state index in [0.717, 1.165) is 44.2 Å². The van der Waals surface area contributed by atoms with E-state index >= 15 is 0 Å². The first-order valence-corrected chi connectivity index (χ1v) is 11.0. The zero-order chi connectivity index (χ0) is 20.6. The van der Waals surface area contributed by atoms with Crippen LogP contribution in [0.1, 0.15) is 50.7 Å². The summed E-state index contributed by atoms with van der Waals surface area (Å²) in [5.74, 6) is 1.12. The number of likely N-dealkylation sites (tertiary alicyclic amines) is 1. The number of rotatable bonds is 3. The molecule has 5 fully saturated rings. The van der Waals surface area contributed by atoms with Gasteiger partial charge >= 0.3 is 0 Å². The normalized spacial score (nSPS) is 46.8. The van der Waals surface area contributed by atoms with E-state index in [4.69, 9.17) is 9.47 Å². The lowest BCUT2D eigenvalue weighted by molar-refractivity contribution is -0.164. The molecule has 0 aromatic heterocycles. The van der Waals surface area contributed by atoms with Crippen molar-refractivity contribution < 1.29 is 19.7 Å². The van der Waals surface area contributed by atoms with Gasteiger partial charge in [-0.05, 0) is 76.6 Å². The van der Waals surface area contributed by atoms with Crippen LogP contribution in [-0.2, 0) is 16.6 Å². The summed E-state index contributed by atoms with van der Waals surface area (Å²) < 4.78 is 11.9. The lowest BCUT2D eigenvalue weighted by Gasteiger charge is -2.66. The van der Waals surface area contributed by atoms with Crippen LogP contribution in [0.4, 0.5) is 0 Å². The fourth-order valence-electron chi connectivity index (χ4n) is 9.59. The minimum absolute atomic E-state index is 0.0712. The fourth-order valence-corrected chi connectivity index (χ4v) is 9.59. The molecule has 6 atom stereocenters. The van der Waals surface area contributed by atoms with Gasteiger partial charge in [-0.25, -0.2) is 0 Å². The molecular weight excluding hydrogens is 366 g/mol. The lowest BCUT2D eigenvalue weighted by Crippen LogP contribution is -2.69. The van der Waals surface area contributed by atoms with Gasteiger partial charge in [-0.15, -0.1) is 0 Å². The Morgan fingerprint density at radius 2 is 1.93 bits per heavy atom. The number of ether oxygens (including phenoxy) is 2. The molecule has 5 nitrogen and oxygen atoms in total. The van der Waals surface area contributed by atoms with Gasteiger partial charge in [0.15, 0.2) is 11.5 Å². The van der Waals surface area contributed by atoms with E-state index < -0.39 is 5.60 Å². The topological polar surface area (TPSA) is 62.2 Å². The lowest BCUT2D eigenvalue weighted by atomic mass is 9.43. The van der Waals surface area contributed by atoms with E-state index in [1.165, 1.54) is 5.56 Å². The third-order valence-electron chi connectivity index (χ3n) is 10.3. The van der Waals surface area contributed by atoms with Crippen LogP contribution in [0.5, 0.6) is 11.5 Å². The van der Waals surface area contributed by atoms with E-state index in [-0.39, 0.29) is 27.8 Å². The number of hydrogen-bond acceptors (Lipinski definition) is 5. The Labute approximate surface area is 173 Å². The molecule has 7 rings (SSSR count). The minimum Gasteiger partial charge on any atom is -0.504 e. The summed E-state index contributed by atoms with van der Waals surface area (Å²) >= 11 is 0. The predicted molar refractivity (Wildman–Crippen MR) is 109 cm³/mol. The van der Waals surface area contributed by atoms with Gasteiger partial charge in [-0.1, -0.05) is 6.07 Å². The fraction of sp³-hybridized carbons (Fsp3) is 0.750. The number of aliphatic hydroxyl groups is 1. The van der Waals surface area contributed by atoms with E-state index in [1.54, 1.807) is 7.11 Å². The molecule has 29 heavy (non-hydrogen) atoms. The van der Waals surface area contributed by atoms with Crippen LogP contribution in [0.25, 0.3) is 0 Å². The Bertz CT molecular complexity index is 924. The van der Waals surface area contributed by atoms with E-state index in [1.807, 2.05) is 27.0 Å². The molecule has 1 spiro atoms. The van der Waals surface area contributed by atoms with Gasteiger partial charge in [-0.3, -0.25) is 0 Å². The van der Waals surface area contributed by atoms with Crippen molar-refractivity contribution >= 4 is 0 Å². The van der Waals surface area contributed by atoms with E-state index in [9.17, 15) is 10.2 Å². The molecule has 5 heteroatoms. The zero-order valence-electron chi connectivity index (χ0n) is 18.2. The molecule has 1 heterocycles. The Kier molecular flexibility index (Phi) is 3.15. The summed E-state index contributed by atoms with van der Waals surface area (Å²) in [6, 6.07) is 4.51. The average molecular weight is 400 g/mol. The number of fused-ring (bicyclic) bond motifs is 2. The van der Waals surface area contributed by atoms with Crippen LogP contribution in [0.3, 0.4) is 0 Å². The number of nitrogens with zero attached hydrogens (tertiary/aromatic N) is 1. The maximum Gasteiger partial charge on any atom is 0.161 e. The van der Waals surface area contributed by atoms with Gasteiger partial charge in [0.2, 0.25) is 0 Å². The second-order valence-electron chi connectivity index (χ2n) is 11.0. The van der Waals surface area contributed by atoms with Gasteiger partial charge < -0.3 is 24.6 Å². The first-order valence-electron chi connectivity index (χ1n) is 11.0. The molecule has 2 N–H and O–H groups in total. The third kappa shape index (κ3) is 1.54. The second-order valence-corrected chi connectivity index (χ2v) is 11.0. The SMILES string of the molecule is COc1ccc2c(c1O)[C@]13CCN(C)[C@H](C2)[C@]12CC[C@]1(OC)[C@@H]3[C@@]1(C(C)(C)O)C2. The molecule has 6 aliphatic rings. The summed E-state index contributed by atoms with van der Waals surface area (Å²) in [5.41, 5.74) is 0.891. The highest BCUT2D eigenvalue weighted by atomic mass is 16.5. The summed E-state index contributed by atoms with van der Waals surface area (Å²) in [7, 11) is 5.72. The molecule has 0 unspecified atom stereocenters. The van der Waals surface area contributed by atoms with Crippen molar-refractivity contribution in [2.75, 3.05) is 27.8 Å². The quantitative estimate of drug-likeness (QED) is 0.818. The molecule has 1 aliphatic heterocycles.